The average molecular weight is 931 g/mol. The zero-order valence-corrected chi connectivity index (χ0v) is 40.6. The maximum atomic E-state index is 14.4. The molecule has 2 unspecified atom stereocenters. The number of carbonyl (C=O) groups is 2. The molecule has 0 aliphatic carbocycles. The van der Waals surface area contributed by atoms with E-state index in [2.05, 4.69) is 0 Å². The van der Waals surface area contributed by atoms with Gasteiger partial charge in [0.05, 0.1) is 47.1 Å². The van der Waals surface area contributed by atoms with Crippen LogP contribution in [0, 0.1) is 23.6 Å². The Labute approximate surface area is 384 Å². The van der Waals surface area contributed by atoms with Gasteiger partial charge in [0, 0.05) is 44.6 Å². The number of ether oxygens (including phenoxy) is 7. The normalized spacial score (nSPS) is 42.4. The van der Waals surface area contributed by atoms with Gasteiger partial charge in [-0.1, -0.05) is 20.8 Å². The molecule has 3 aliphatic rings. The van der Waals surface area contributed by atoms with Crippen molar-refractivity contribution in [1.82, 2.24) is 9.80 Å². The number of benzene rings is 1. The van der Waals surface area contributed by atoms with Crippen LogP contribution in [-0.4, -0.2) is 190 Å². The number of likely N-dealkylation sites (N-methyl/N-ethyl adjacent to an activating group) is 2. The molecule has 65 heavy (non-hydrogen) atoms. The maximum absolute atomic E-state index is 14.4. The number of hydrogen-bond acceptors (Lipinski definition) is 17. The average Bonchev–Trinajstić information content (AvgIpc) is 3.23. The Kier molecular flexibility index (Phi) is 19.3. The Bertz CT molecular complexity index is 1670. The molecule has 18 heteroatoms. The number of aliphatic hydroxyl groups is 6. The fourth-order valence-corrected chi connectivity index (χ4v) is 10.0. The van der Waals surface area contributed by atoms with Crippen molar-refractivity contribution in [2.75, 3.05) is 40.9 Å². The van der Waals surface area contributed by atoms with Crippen molar-refractivity contribution in [3.63, 3.8) is 0 Å². The zero-order chi connectivity index (χ0) is 48.9. The highest BCUT2D eigenvalue weighted by Crippen LogP contribution is 2.40. The van der Waals surface area contributed by atoms with Gasteiger partial charge in [-0.05, 0) is 112 Å². The fraction of sp³-hybridized carbons (Fsp3) is 0.830. The summed E-state index contributed by atoms with van der Waals surface area (Å²) in [6.07, 6.45) is -11.2. The number of cyclic esters (lactones) is 1. The van der Waals surface area contributed by atoms with Crippen molar-refractivity contribution in [3.05, 3.63) is 35.6 Å². The first-order valence-electron chi connectivity index (χ1n) is 23.0. The highest BCUT2D eigenvalue weighted by Gasteiger charge is 2.53. The minimum Gasteiger partial charge on any atom is -0.459 e. The minimum absolute atomic E-state index is 0.0242. The molecule has 0 amide bonds. The highest BCUT2D eigenvalue weighted by molar-refractivity contribution is 5.89. The molecule has 6 N–H and O–H groups in total. The van der Waals surface area contributed by atoms with Gasteiger partial charge in [0.2, 0.25) is 0 Å². The van der Waals surface area contributed by atoms with Crippen molar-refractivity contribution in [1.29, 1.82) is 0 Å². The molecule has 374 valence electrons. The summed E-state index contributed by atoms with van der Waals surface area (Å²) in [4.78, 5) is 30.5. The molecule has 3 saturated heterocycles. The number of rotatable bonds is 12. The van der Waals surface area contributed by atoms with Crippen molar-refractivity contribution in [2.45, 2.75) is 191 Å². The second-order valence-electron chi connectivity index (χ2n) is 19.9. The molecule has 17 nitrogen and oxygen atoms in total. The first kappa shape index (κ1) is 55.2. The Morgan fingerprint density at radius 3 is 2.22 bits per heavy atom. The Balaban J connectivity index is 1.70. The number of methoxy groups -OCH3 is 1. The lowest BCUT2D eigenvalue weighted by molar-refractivity contribution is -0.318. The number of carbonyl (C=O) groups excluding carboxylic acids is 2. The molecule has 3 fully saturated rings. The minimum atomic E-state index is -1.86. The second kappa shape index (κ2) is 22.8. The summed E-state index contributed by atoms with van der Waals surface area (Å²) in [5.74, 6) is -4.22. The predicted molar refractivity (Wildman–Crippen MR) is 236 cm³/mol. The summed E-state index contributed by atoms with van der Waals surface area (Å²) >= 11 is 0. The van der Waals surface area contributed by atoms with Crippen LogP contribution in [0.3, 0.4) is 0 Å². The Morgan fingerprint density at radius 2 is 1.62 bits per heavy atom. The van der Waals surface area contributed by atoms with Crippen LogP contribution in [0.2, 0.25) is 0 Å². The lowest BCUT2D eigenvalue weighted by Gasteiger charge is -2.49. The van der Waals surface area contributed by atoms with Crippen molar-refractivity contribution in [2.24, 2.45) is 17.8 Å². The summed E-state index contributed by atoms with van der Waals surface area (Å²) in [7, 11) is 4.97. The zero-order valence-electron chi connectivity index (χ0n) is 40.6. The van der Waals surface area contributed by atoms with E-state index in [0.29, 0.717) is 13.0 Å². The van der Waals surface area contributed by atoms with E-state index in [0.717, 1.165) is 12.1 Å². The molecule has 1 aromatic carbocycles. The molecule has 0 aromatic heterocycles. The SMILES string of the molecule is CC[C@H]1OC(=O)[C@H](C)[C@@H](O[C@H]2C[C@@](C)(OC)[C@@H](O)[C@H](C)O2)[C@H](C)[C@@H](O[C@@H]2O[C@H](C)CC(N(C)CC(O)COC(=O)c3ccc(F)cc3)[C@H]2O)[C@](C)(O)C[C@@H](C)CN(C)[C@H](C)[C@@H](O)[C@]1(C)O. The van der Waals surface area contributed by atoms with Crippen LogP contribution in [0.25, 0.3) is 0 Å². The number of nitrogens with zero attached hydrogens (tertiary/aromatic N) is 2. The molecule has 0 bridgehead atoms. The summed E-state index contributed by atoms with van der Waals surface area (Å²) in [5.41, 5.74) is -4.53. The third-order valence-corrected chi connectivity index (χ3v) is 14.1. The molecule has 4 rings (SSSR count). The van der Waals surface area contributed by atoms with Crippen LogP contribution in [0.15, 0.2) is 24.3 Å². The Morgan fingerprint density at radius 1 is 0.985 bits per heavy atom. The summed E-state index contributed by atoms with van der Waals surface area (Å²) in [5, 5.41) is 70.1. The molecule has 0 spiro atoms. The van der Waals surface area contributed by atoms with E-state index in [9.17, 15) is 44.6 Å². The van der Waals surface area contributed by atoms with E-state index in [-0.39, 0.29) is 43.9 Å². The van der Waals surface area contributed by atoms with Crippen LogP contribution >= 0.6 is 0 Å². The van der Waals surface area contributed by atoms with E-state index in [1.54, 1.807) is 74.4 Å². The predicted octanol–water partition coefficient (Wildman–Crippen LogP) is 2.63. The third kappa shape index (κ3) is 13.4. The van der Waals surface area contributed by atoms with E-state index in [1.165, 1.54) is 26.2 Å². The molecule has 1 aromatic rings. The summed E-state index contributed by atoms with van der Waals surface area (Å²) in [6.45, 7) is 17.1. The van der Waals surface area contributed by atoms with Crippen molar-refractivity contribution < 1.29 is 77.8 Å². The van der Waals surface area contributed by atoms with Crippen molar-refractivity contribution >= 4 is 11.9 Å². The van der Waals surface area contributed by atoms with Crippen molar-refractivity contribution in [3.8, 4) is 0 Å². The van der Waals surface area contributed by atoms with Gasteiger partial charge in [0.15, 0.2) is 12.6 Å². The van der Waals surface area contributed by atoms with Gasteiger partial charge in [0.1, 0.15) is 48.5 Å². The van der Waals surface area contributed by atoms with Gasteiger partial charge >= 0.3 is 11.9 Å². The number of aliphatic hydroxyl groups excluding tert-OH is 4. The van der Waals surface area contributed by atoms with Gasteiger partial charge in [-0.15, -0.1) is 0 Å². The third-order valence-electron chi connectivity index (χ3n) is 14.1. The molecule has 19 atom stereocenters. The molecular weight excluding hydrogens is 852 g/mol. The van der Waals surface area contributed by atoms with Gasteiger partial charge in [-0.25, -0.2) is 9.18 Å². The van der Waals surface area contributed by atoms with Crippen LogP contribution in [-0.2, 0) is 38.0 Å². The van der Waals surface area contributed by atoms with Crippen LogP contribution in [0.4, 0.5) is 4.39 Å². The maximum Gasteiger partial charge on any atom is 0.338 e. The lowest BCUT2D eigenvalue weighted by Crippen LogP contribution is -2.61. The summed E-state index contributed by atoms with van der Waals surface area (Å²) in [6, 6.07) is 3.58. The molecular formula is C47H79FN2O15. The number of hydrogen-bond donors (Lipinski definition) is 6. The summed E-state index contributed by atoms with van der Waals surface area (Å²) < 4.78 is 56.5. The molecule has 3 aliphatic heterocycles. The topological polar surface area (TPSA) is 227 Å². The first-order valence-corrected chi connectivity index (χ1v) is 23.0. The van der Waals surface area contributed by atoms with Gasteiger partial charge in [-0.2, -0.15) is 0 Å². The largest absolute Gasteiger partial charge is 0.459 e. The van der Waals surface area contributed by atoms with Crippen LogP contribution in [0.1, 0.15) is 105 Å². The van der Waals surface area contributed by atoms with E-state index < -0.39 is 126 Å². The second-order valence-corrected chi connectivity index (χ2v) is 19.9. The van der Waals surface area contributed by atoms with Gasteiger partial charge in [0.25, 0.3) is 0 Å². The molecule has 3 heterocycles. The van der Waals surface area contributed by atoms with E-state index in [4.69, 9.17) is 33.2 Å². The highest BCUT2D eigenvalue weighted by atomic mass is 19.1. The number of esters is 2. The van der Waals surface area contributed by atoms with E-state index in [1.807, 2.05) is 11.8 Å². The Hall–Kier alpha value is -2.43. The smallest absolute Gasteiger partial charge is 0.338 e. The van der Waals surface area contributed by atoms with Crippen LogP contribution < -0.4 is 0 Å². The van der Waals surface area contributed by atoms with Crippen LogP contribution in [0.5, 0.6) is 0 Å². The number of halogens is 1. The van der Waals surface area contributed by atoms with Gasteiger partial charge < -0.3 is 68.7 Å². The fourth-order valence-electron chi connectivity index (χ4n) is 10.0. The first-order chi connectivity index (χ1) is 30.2. The van der Waals surface area contributed by atoms with Gasteiger partial charge in [-0.3, -0.25) is 9.69 Å². The molecule has 0 radical (unpaired) electrons. The standard InChI is InChI=1S/C47H79FN2O15/c1-14-35-47(10,58)39(53)29(6)49(11)22-25(2)20-45(8,57)41(27(4)38(28(5)42(55)63-35)64-36-21-46(9,59-13)40(54)30(7)62-36)65-44-37(52)34(19-26(3)61-44)50(12)23-33(51)24-60-43(56)31-15-17-32(48)18-16-31/h15-18,25-30,33-41,44,51-54,57-58H,14,19-24H2,1-13H3/t25-,26-,27+,28-,29-,30+,33?,34?,35-,36+,37-,38+,39-,40+,41-,44+,45-,46-,47-/m1/s1. The molecule has 0 saturated carbocycles. The quantitative estimate of drug-likeness (QED) is 0.166. The lowest BCUT2D eigenvalue weighted by atomic mass is 9.77. The monoisotopic (exact) mass is 931 g/mol. The van der Waals surface area contributed by atoms with E-state index >= 15 is 0 Å².